The maximum atomic E-state index is 12.3. The first-order valence-corrected chi connectivity index (χ1v) is 7.69. The molecule has 0 fully saturated rings. The van der Waals surface area contributed by atoms with E-state index in [0.717, 1.165) is 29.1 Å². The SMILES string of the molecule is Cc1nn(-c2ccc(C(C)C)cc2)c2c1C(=O)CC(C)C2. The number of carbonyl (C=O) groups is 1. The van der Waals surface area contributed by atoms with Gasteiger partial charge in [-0.3, -0.25) is 4.79 Å². The van der Waals surface area contributed by atoms with Crippen molar-refractivity contribution < 1.29 is 4.79 Å². The zero-order valence-corrected chi connectivity index (χ0v) is 13.2. The lowest BCUT2D eigenvalue weighted by molar-refractivity contribution is 0.0952. The summed E-state index contributed by atoms with van der Waals surface area (Å²) in [7, 11) is 0. The highest BCUT2D eigenvalue weighted by molar-refractivity contribution is 5.99. The molecule has 1 aliphatic rings. The summed E-state index contributed by atoms with van der Waals surface area (Å²) in [4.78, 5) is 12.3. The van der Waals surface area contributed by atoms with Gasteiger partial charge in [-0.05, 0) is 42.9 Å². The molecule has 0 amide bonds. The fourth-order valence-electron chi connectivity index (χ4n) is 3.16. The number of aryl methyl sites for hydroxylation is 1. The number of fused-ring (bicyclic) bond motifs is 1. The van der Waals surface area contributed by atoms with Crippen LogP contribution in [0.15, 0.2) is 24.3 Å². The Morgan fingerprint density at radius 2 is 1.86 bits per heavy atom. The topological polar surface area (TPSA) is 34.9 Å². The number of ketones is 1. The van der Waals surface area contributed by atoms with Crippen LogP contribution in [0.25, 0.3) is 5.69 Å². The van der Waals surface area contributed by atoms with E-state index in [9.17, 15) is 4.79 Å². The van der Waals surface area contributed by atoms with Gasteiger partial charge in [-0.25, -0.2) is 4.68 Å². The quantitative estimate of drug-likeness (QED) is 0.832. The molecule has 3 rings (SSSR count). The largest absolute Gasteiger partial charge is 0.294 e. The second kappa shape index (κ2) is 5.14. The number of Topliss-reactive ketones (excluding diaryl/α,β-unsaturated/α-hetero) is 1. The van der Waals surface area contributed by atoms with Crippen molar-refractivity contribution in [2.45, 2.75) is 46.5 Å². The number of nitrogens with zero attached hydrogens (tertiary/aromatic N) is 2. The lowest BCUT2D eigenvalue weighted by Crippen LogP contribution is -2.19. The van der Waals surface area contributed by atoms with Gasteiger partial charge in [0.25, 0.3) is 0 Å². The highest BCUT2D eigenvalue weighted by Gasteiger charge is 2.29. The van der Waals surface area contributed by atoms with E-state index in [1.807, 2.05) is 11.6 Å². The summed E-state index contributed by atoms with van der Waals surface area (Å²) in [6.07, 6.45) is 1.57. The van der Waals surface area contributed by atoms with Gasteiger partial charge in [0.05, 0.1) is 22.6 Å². The number of aromatic nitrogens is 2. The number of hydrogen-bond acceptors (Lipinski definition) is 2. The van der Waals surface area contributed by atoms with E-state index in [4.69, 9.17) is 0 Å². The molecule has 1 aliphatic carbocycles. The first-order valence-electron chi connectivity index (χ1n) is 7.69. The van der Waals surface area contributed by atoms with Gasteiger partial charge in [-0.15, -0.1) is 0 Å². The van der Waals surface area contributed by atoms with Crippen LogP contribution in [0.5, 0.6) is 0 Å². The number of hydrogen-bond donors (Lipinski definition) is 0. The van der Waals surface area contributed by atoms with Crippen molar-refractivity contribution in [3.05, 3.63) is 46.8 Å². The molecular weight excluding hydrogens is 260 g/mol. The average Bonchev–Trinajstić information content (AvgIpc) is 2.76. The highest BCUT2D eigenvalue weighted by atomic mass is 16.1. The van der Waals surface area contributed by atoms with Crippen LogP contribution in [0.1, 0.15) is 60.4 Å². The Labute approximate surface area is 126 Å². The van der Waals surface area contributed by atoms with Crippen LogP contribution in [0.2, 0.25) is 0 Å². The standard InChI is InChI=1S/C18H22N2O/c1-11(2)14-5-7-15(8-6-14)20-16-9-12(3)10-17(21)18(16)13(4)19-20/h5-8,11-12H,9-10H2,1-4H3. The van der Waals surface area contributed by atoms with E-state index in [0.29, 0.717) is 18.3 Å². The van der Waals surface area contributed by atoms with Crippen molar-refractivity contribution in [2.24, 2.45) is 5.92 Å². The van der Waals surface area contributed by atoms with Crippen molar-refractivity contribution in [3.8, 4) is 5.69 Å². The third-order valence-corrected chi connectivity index (χ3v) is 4.31. The van der Waals surface area contributed by atoms with E-state index >= 15 is 0 Å². The third-order valence-electron chi connectivity index (χ3n) is 4.31. The lowest BCUT2D eigenvalue weighted by atomic mass is 9.87. The summed E-state index contributed by atoms with van der Waals surface area (Å²) in [6.45, 7) is 8.45. The predicted octanol–water partition coefficient (Wildman–Crippen LogP) is 4.07. The molecule has 0 radical (unpaired) electrons. The minimum atomic E-state index is 0.242. The second-order valence-corrected chi connectivity index (χ2v) is 6.50. The fraction of sp³-hybridized carbons (Fsp3) is 0.444. The molecule has 0 saturated carbocycles. The van der Waals surface area contributed by atoms with Crippen molar-refractivity contribution in [2.75, 3.05) is 0 Å². The summed E-state index contributed by atoms with van der Waals surface area (Å²) in [5.41, 5.74) is 5.15. The summed E-state index contributed by atoms with van der Waals surface area (Å²) in [5.74, 6) is 1.16. The summed E-state index contributed by atoms with van der Waals surface area (Å²) in [5, 5.41) is 4.62. The summed E-state index contributed by atoms with van der Waals surface area (Å²) in [6, 6.07) is 8.51. The van der Waals surface area contributed by atoms with Gasteiger partial charge in [0.2, 0.25) is 0 Å². The normalized spacial score (nSPS) is 18.1. The van der Waals surface area contributed by atoms with E-state index in [1.165, 1.54) is 5.56 Å². The van der Waals surface area contributed by atoms with Crippen LogP contribution in [-0.2, 0) is 6.42 Å². The van der Waals surface area contributed by atoms with Gasteiger partial charge >= 0.3 is 0 Å². The first kappa shape index (κ1) is 14.1. The number of rotatable bonds is 2. The molecule has 0 N–H and O–H groups in total. The first-order chi connectivity index (χ1) is 9.97. The minimum Gasteiger partial charge on any atom is -0.294 e. The van der Waals surface area contributed by atoms with Crippen molar-refractivity contribution in [1.29, 1.82) is 0 Å². The Kier molecular flexibility index (Phi) is 3.44. The molecule has 3 heteroatoms. The average molecular weight is 282 g/mol. The Morgan fingerprint density at radius 3 is 2.48 bits per heavy atom. The summed E-state index contributed by atoms with van der Waals surface area (Å²) < 4.78 is 1.96. The van der Waals surface area contributed by atoms with Crippen LogP contribution >= 0.6 is 0 Å². The van der Waals surface area contributed by atoms with Gasteiger partial charge in [-0.1, -0.05) is 32.9 Å². The molecule has 1 aromatic heterocycles. The molecular formula is C18H22N2O. The molecule has 110 valence electrons. The smallest absolute Gasteiger partial charge is 0.166 e. The highest BCUT2D eigenvalue weighted by Crippen LogP contribution is 2.29. The number of benzene rings is 1. The molecule has 3 nitrogen and oxygen atoms in total. The molecule has 2 aromatic rings. The molecule has 21 heavy (non-hydrogen) atoms. The molecule has 1 atom stereocenters. The molecule has 0 aliphatic heterocycles. The molecule has 0 bridgehead atoms. The molecule has 1 aromatic carbocycles. The van der Waals surface area contributed by atoms with Crippen LogP contribution in [0.4, 0.5) is 0 Å². The Balaban J connectivity index is 2.07. The van der Waals surface area contributed by atoms with Gasteiger partial charge in [-0.2, -0.15) is 5.10 Å². The second-order valence-electron chi connectivity index (χ2n) is 6.50. The van der Waals surface area contributed by atoms with Crippen LogP contribution in [0.3, 0.4) is 0 Å². The Hall–Kier alpha value is -1.90. The minimum absolute atomic E-state index is 0.242. The maximum absolute atomic E-state index is 12.3. The third kappa shape index (κ3) is 2.41. The van der Waals surface area contributed by atoms with Gasteiger partial charge in [0.1, 0.15) is 0 Å². The maximum Gasteiger partial charge on any atom is 0.166 e. The lowest BCUT2D eigenvalue weighted by Gasteiger charge is -2.19. The predicted molar refractivity (Wildman–Crippen MR) is 84.2 cm³/mol. The zero-order chi connectivity index (χ0) is 15.1. The van der Waals surface area contributed by atoms with Crippen LogP contribution in [0, 0.1) is 12.8 Å². The van der Waals surface area contributed by atoms with Gasteiger partial charge < -0.3 is 0 Å². The number of carbonyl (C=O) groups excluding carboxylic acids is 1. The zero-order valence-electron chi connectivity index (χ0n) is 13.2. The monoisotopic (exact) mass is 282 g/mol. The van der Waals surface area contributed by atoms with Crippen LogP contribution in [-0.4, -0.2) is 15.6 Å². The van der Waals surface area contributed by atoms with E-state index in [1.54, 1.807) is 0 Å². The Bertz CT molecular complexity index is 680. The molecule has 1 unspecified atom stereocenters. The molecule has 0 spiro atoms. The van der Waals surface area contributed by atoms with Crippen molar-refractivity contribution in [1.82, 2.24) is 9.78 Å². The van der Waals surface area contributed by atoms with E-state index in [2.05, 4.69) is 50.1 Å². The van der Waals surface area contributed by atoms with E-state index in [-0.39, 0.29) is 5.78 Å². The summed E-state index contributed by atoms with van der Waals surface area (Å²) >= 11 is 0. The molecule has 1 heterocycles. The van der Waals surface area contributed by atoms with Gasteiger partial charge in [0, 0.05) is 6.42 Å². The fourth-order valence-corrected chi connectivity index (χ4v) is 3.16. The van der Waals surface area contributed by atoms with Gasteiger partial charge in [0.15, 0.2) is 5.78 Å². The van der Waals surface area contributed by atoms with Crippen molar-refractivity contribution >= 4 is 5.78 Å². The van der Waals surface area contributed by atoms with Crippen LogP contribution < -0.4 is 0 Å². The van der Waals surface area contributed by atoms with E-state index < -0.39 is 0 Å². The Morgan fingerprint density at radius 1 is 1.19 bits per heavy atom. The molecule has 0 saturated heterocycles. The van der Waals surface area contributed by atoms with Crippen molar-refractivity contribution in [3.63, 3.8) is 0 Å².